The van der Waals surface area contributed by atoms with E-state index in [0.29, 0.717) is 37.1 Å². The lowest BCUT2D eigenvalue weighted by Crippen LogP contribution is -2.53. The van der Waals surface area contributed by atoms with Crippen LogP contribution in [-0.2, 0) is 20.9 Å². The van der Waals surface area contributed by atoms with Gasteiger partial charge in [0, 0.05) is 13.1 Å². The van der Waals surface area contributed by atoms with Gasteiger partial charge in [-0.25, -0.2) is 4.79 Å². The first-order valence-electron chi connectivity index (χ1n) is 14.7. The summed E-state index contributed by atoms with van der Waals surface area (Å²) in [7, 11) is 0. The van der Waals surface area contributed by atoms with E-state index in [-0.39, 0.29) is 23.5 Å². The Morgan fingerprint density at radius 1 is 1.00 bits per heavy atom. The van der Waals surface area contributed by atoms with Gasteiger partial charge in [-0.3, -0.25) is 9.59 Å². The van der Waals surface area contributed by atoms with Gasteiger partial charge in [0.2, 0.25) is 11.8 Å². The molecule has 0 aliphatic carbocycles. The van der Waals surface area contributed by atoms with Crippen molar-refractivity contribution >= 4 is 17.9 Å². The lowest BCUT2D eigenvalue weighted by atomic mass is 9.97. The fourth-order valence-electron chi connectivity index (χ4n) is 4.62. The Labute approximate surface area is 245 Å². The zero-order valence-electron chi connectivity index (χ0n) is 25.8. The number of nitrogens with zero attached hydrogens (tertiary/aromatic N) is 1. The summed E-state index contributed by atoms with van der Waals surface area (Å²) in [5, 5.41) is 16.0. The van der Waals surface area contributed by atoms with E-state index >= 15 is 0 Å². The van der Waals surface area contributed by atoms with Gasteiger partial charge in [0.1, 0.15) is 23.4 Å². The van der Waals surface area contributed by atoms with Crippen LogP contribution in [0.5, 0.6) is 5.75 Å². The van der Waals surface area contributed by atoms with E-state index in [1.54, 1.807) is 50.8 Å². The third kappa shape index (κ3) is 11.5. The Hall–Kier alpha value is -3.55. The molecule has 226 valence electrons. The quantitative estimate of drug-likeness (QED) is 0.229. The van der Waals surface area contributed by atoms with Crippen molar-refractivity contribution in [1.82, 2.24) is 15.5 Å². The number of carbonyl (C=O) groups is 3. The first-order chi connectivity index (χ1) is 19.3. The highest BCUT2D eigenvalue weighted by atomic mass is 16.6. The molecule has 0 heterocycles. The number of ether oxygens (including phenoxy) is 1. The monoisotopic (exact) mass is 567 g/mol. The van der Waals surface area contributed by atoms with Crippen LogP contribution in [0.3, 0.4) is 0 Å². The van der Waals surface area contributed by atoms with Gasteiger partial charge in [0.25, 0.3) is 0 Å². The number of phenols is 1. The first kappa shape index (κ1) is 33.7. The SMILES string of the molecule is CCCCCCN(C(=O)C(CC(C)C)NC(=O)OC(C)(C)C)C(C(=O)NCc1ccccc1)c1ccc(O)c(C)c1. The van der Waals surface area contributed by atoms with E-state index in [2.05, 4.69) is 17.6 Å². The number of alkyl carbamates (subject to hydrolysis) is 1. The first-order valence-corrected chi connectivity index (χ1v) is 14.7. The third-order valence-corrected chi connectivity index (χ3v) is 6.64. The average molecular weight is 568 g/mol. The molecule has 0 fully saturated rings. The number of phenolic OH excluding ortho intramolecular Hbond substituents is 1. The summed E-state index contributed by atoms with van der Waals surface area (Å²) in [6.45, 7) is 13.8. The van der Waals surface area contributed by atoms with E-state index in [4.69, 9.17) is 4.74 Å². The van der Waals surface area contributed by atoms with Crippen molar-refractivity contribution in [2.75, 3.05) is 6.54 Å². The second-order valence-corrected chi connectivity index (χ2v) is 12.1. The van der Waals surface area contributed by atoms with Gasteiger partial charge in [0.05, 0.1) is 0 Å². The summed E-state index contributed by atoms with van der Waals surface area (Å²) < 4.78 is 5.47. The minimum atomic E-state index is -0.956. The maximum atomic E-state index is 14.3. The molecule has 2 aromatic carbocycles. The molecule has 2 rings (SSSR count). The van der Waals surface area contributed by atoms with Crippen LogP contribution in [0.4, 0.5) is 4.79 Å². The Bertz CT molecular complexity index is 1130. The average Bonchev–Trinajstić information content (AvgIpc) is 2.89. The second kappa shape index (κ2) is 16.0. The van der Waals surface area contributed by atoms with Crippen molar-refractivity contribution in [3.05, 3.63) is 65.2 Å². The van der Waals surface area contributed by atoms with Gasteiger partial charge in [-0.05, 0) is 75.3 Å². The molecule has 3 N–H and O–H groups in total. The zero-order chi connectivity index (χ0) is 30.6. The predicted molar refractivity (Wildman–Crippen MR) is 162 cm³/mol. The van der Waals surface area contributed by atoms with E-state index < -0.39 is 23.8 Å². The normalized spacial score (nSPS) is 12.9. The topological polar surface area (TPSA) is 108 Å². The molecule has 0 aliphatic rings. The van der Waals surface area contributed by atoms with Crippen molar-refractivity contribution in [1.29, 1.82) is 0 Å². The summed E-state index contributed by atoms with van der Waals surface area (Å²) >= 11 is 0. The molecule has 0 aromatic heterocycles. The number of benzene rings is 2. The fraction of sp³-hybridized carbons (Fsp3) is 0.545. The van der Waals surface area contributed by atoms with Crippen LogP contribution in [0.15, 0.2) is 48.5 Å². The van der Waals surface area contributed by atoms with Crippen molar-refractivity contribution in [3.8, 4) is 5.75 Å². The van der Waals surface area contributed by atoms with Crippen LogP contribution >= 0.6 is 0 Å². The van der Waals surface area contributed by atoms with Gasteiger partial charge in [-0.1, -0.05) is 76.4 Å². The van der Waals surface area contributed by atoms with Gasteiger partial charge in [-0.15, -0.1) is 0 Å². The van der Waals surface area contributed by atoms with E-state index in [9.17, 15) is 19.5 Å². The van der Waals surface area contributed by atoms with Crippen molar-refractivity contribution in [2.24, 2.45) is 5.92 Å². The molecular formula is C33H49N3O5. The molecule has 0 saturated carbocycles. The van der Waals surface area contributed by atoms with Gasteiger partial charge in [-0.2, -0.15) is 0 Å². The summed E-state index contributed by atoms with van der Waals surface area (Å²) in [5.74, 6) is -0.459. The summed E-state index contributed by atoms with van der Waals surface area (Å²) in [6.07, 6.45) is 3.37. The number of aryl methyl sites for hydroxylation is 1. The maximum Gasteiger partial charge on any atom is 0.408 e. The smallest absolute Gasteiger partial charge is 0.408 e. The zero-order valence-corrected chi connectivity index (χ0v) is 25.8. The molecule has 0 spiro atoms. The second-order valence-electron chi connectivity index (χ2n) is 12.1. The van der Waals surface area contributed by atoms with Crippen LogP contribution in [0, 0.1) is 12.8 Å². The molecule has 3 amide bonds. The highest BCUT2D eigenvalue weighted by molar-refractivity contribution is 5.92. The van der Waals surface area contributed by atoms with Gasteiger partial charge < -0.3 is 25.4 Å². The fourth-order valence-corrected chi connectivity index (χ4v) is 4.62. The summed E-state index contributed by atoms with van der Waals surface area (Å²) in [6, 6.07) is 12.7. The largest absolute Gasteiger partial charge is 0.508 e. The van der Waals surface area contributed by atoms with Crippen LogP contribution in [0.2, 0.25) is 0 Å². The third-order valence-electron chi connectivity index (χ3n) is 6.64. The Kier molecular flexibility index (Phi) is 13.2. The van der Waals surface area contributed by atoms with E-state index in [1.807, 2.05) is 44.2 Å². The van der Waals surface area contributed by atoms with Gasteiger partial charge >= 0.3 is 6.09 Å². The Morgan fingerprint density at radius 3 is 2.27 bits per heavy atom. The lowest BCUT2D eigenvalue weighted by molar-refractivity contribution is -0.143. The number of hydrogen-bond acceptors (Lipinski definition) is 5. The number of rotatable bonds is 14. The number of unbranched alkanes of at least 4 members (excludes halogenated alkanes) is 3. The molecular weight excluding hydrogens is 518 g/mol. The molecule has 2 atom stereocenters. The van der Waals surface area contributed by atoms with Gasteiger partial charge in [0.15, 0.2) is 0 Å². The molecule has 0 saturated heterocycles. The molecule has 0 radical (unpaired) electrons. The lowest BCUT2D eigenvalue weighted by Gasteiger charge is -2.35. The molecule has 8 nitrogen and oxygen atoms in total. The summed E-state index contributed by atoms with van der Waals surface area (Å²) in [5.41, 5.74) is 1.41. The molecule has 0 bridgehead atoms. The number of amides is 3. The van der Waals surface area contributed by atoms with Crippen LogP contribution in [0.25, 0.3) is 0 Å². The van der Waals surface area contributed by atoms with Crippen LogP contribution in [-0.4, -0.2) is 46.1 Å². The van der Waals surface area contributed by atoms with Crippen molar-refractivity contribution < 1.29 is 24.2 Å². The highest BCUT2D eigenvalue weighted by Gasteiger charge is 2.36. The molecule has 8 heteroatoms. The number of nitrogens with one attached hydrogen (secondary N) is 2. The predicted octanol–water partition coefficient (Wildman–Crippen LogP) is 6.41. The van der Waals surface area contributed by atoms with Crippen molar-refractivity contribution in [2.45, 2.75) is 105 Å². The number of aromatic hydroxyl groups is 1. The number of hydrogen-bond donors (Lipinski definition) is 3. The van der Waals surface area contributed by atoms with Crippen molar-refractivity contribution in [3.63, 3.8) is 0 Å². The minimum absolute atomic E-state index is 0.0992. The molecule has 2 unspecified atom stereocenters. The maximum absolute atomic E-state index is 14.3. The molecule has 2 aromatic rings. The minimum Gasteiger partial charge on any atom is -0.508 e. The van der Waals surface area contributed by atoms with E-state index in [1.165, 1.54) is 0 Å². The highest BCUT2D eigenvalue weighted by Crippen LogP contribution is 2.28. The van der Waals surface area contributed by atoms with Crippen LogP contribution < -0.4 is 10.6 Å². The van der Waals surface area contributed by atoms with E-state index in [0.717, 1.165) is 24.8 Å². The van der Waals surface area contributed by atoms with Crippen LogP contribution in [0.1, 0.15) is 96.4 Å². The summed E-state index contributed by atoms with van der Waals surface area (Å²) in [4.78, 5) is 42.6. The number of carbonyl (C=O) groups excluding carboxylic acids is 3. The molecule has 0 aliphatic heterocycles. The molecule has 41 heavy (non-hydrogen) atoms. The standard InChI is InChI=1S/C33H49N3O5/c1-8-9-10-14-19-36(31(39)27(20-23(2)3)35-32(40)41-33(5,6)7)29(26-17-18-28(37)24(4)21-26)30(38)34-22-25-15-12-11-13-16-25/h11-13,15-18,21,23,27,29,37H,8-10,14,19-20,22H2,1-7H3,(H,34,38)(H,35,40). The Balaban J connectivity index is 2.51. The Morgan fingerprint density at radius 2 is 1.68 bits per heavy atom.